The van der Waals surface area contributed by atoms with Gasteiger partial charge in [-0.05, 0) is 56.1 Å². The third kappa shape index (κ3) is 3.76. The SMILES string of the molecule is N/C(=N/O)c1ccc(Cl)c(NC(=O)c2cc(Br)sc2Br)c1. The van der Waals surface area contributed by atoms with E-state index in [9.17, 15) is 4.79 Å². The molecule has 0 saturated heterocycles. The monoisotopic (exact) mass is 451 g/mol. The van der Waals surface area contributed by atoms with Crippen molar-refractivity contribution in [2.24, 2.45) is 10.9 Å². The highest BCUT2D eigenvalue weighted by Gasteiger charge is 2.15. The van der Waals surface area contributed by atoms with Gasteiger partial charge in [-0.1, -0.05) is 16.8 Å². The fourth-order valence-electron chi connectivity index (χ4n) is 1.52. The van der Waals surface area contributed by atoms with Crippen molar-refractivity contribution in [2.75, 3.05) is 5.32 Å². The minimum atomic E-state index is -0.317. The van der Waals surface area contributed by atoms with Crippen LogP contribution in [0.2, 0.25) is 5.02 Å². The Morgan fingerprint density at radius 3 is 2.67 bits per heavy atom. The van der Waals surface area contributed by atoms with E-state index in [-0.39, 0.29) is 11.7 Å². The highest BCUT2D eigenvalue weighted by atomic mass is 79.9. The maximum Gasteiger partial charge on any atom is 0.257 e. The van der Waals surface area contributed by atoms with Gasteiger partial charge in [0.15, 0.2) is 5.84 Å². The number of carbonyl (C=O) groups excluding carboxylic acids is 1. The summed E-state index contributed by atoms with van der Waals surface area (Å²) in [5, 5.41) is 14.6. The average Bonchev–Trinajstić information content (AvgIpc) is 2.79. The van der Waals surface area contributed by atoms with Crippen LogP contribution in [0.4, 0.5) is 5.69 Å². The Hall–Kier alpha value is -1.09. The summed E-state index contributed by atoms with van der Waals surface area (Å²) in [5.41, 5.74) is 6.82. The van der Waals surface area contributed by atoms with E-state index >= 15 is 0 Å². The number of halogens is 3. The number of rotatable bonds is 3. The Morgan fingerprint density at radius 2 is 2.10 bits per heavy atom. The zero-order chi connectivity index (χ0) is 15.6. The molecule has 0 aliphatic heterocycles. The van der Waals surface area contributed by atoms with Crippen molar-refractivity contribution in [1.29, 1.82) is 0 Å². The van der Waals surface area contributed by atoms with Gasteiger partial charge in [-0.15, -0.1) is 11.3 Å². The molecule has 21 heavy (non-hydrogen) atoms. The van der Waals surface area contributed by atoms with Gasteiger partial charge >= 0.3 is 0 Å². The van der Waals surface area contributed by atoms with Crippen LogP contribution in [0.25, 0.3) is 0 Å². The molecule has 2 aromatic rings. The van der Waals surface area contributed by atoms with Crippen LogP contribution in [0, 0.1) is 0 Å². The number of amides is 1. The van der Waals surface area contributed by atoms with Gasteiger partial charge in [-0.2, -0.15) is 0 Å². The lowest BCUT2D eigenvalue weighted by molar-refractivity contribution is 0.102. The Morgan fingerprint density at radius 1 is 1.38 bits per heavy atom. The highest BCUT2D eigenvalue weighted by Crippen LogP contribution is 2.33. The first-order valence-corrected chi connectivity index (χ1v) is 8.24. The van der Waals surface area contributed by atoms with E-state index in [4.69, 9.17) is 22.5 Å². The van der Waals surface area contributed by atoms with E-state index in [0.717, 1.165) is 3.79 Å². The van der Waals surface area contributed by atoms with Crippen molar-refractivity contribution < 1.29 is 10.0 Å². The normalized spacial score (nSPS) is 11.5. The van der Waals surface area contributed by atoms with E-state index in [0.29, 0.717) is 25.6 Å². The molecule has 2 rings (SSSR count). The molecule has 0 unspecified atom stereocenters. The minimum absolute atomic E-state index is 0.0679. The molecule has 0 bridgehead atoms. The molecule has 1 aromatic heterocycles. The Labute approximate surface area is 146 Å². The molecule has 1 aromatic carbocycles. The molecule has 0 aliphatic carbocycles. The van der Waals surface area contributed by atoms with Crippen LogP contribution in [0.5, 0.6) is 0 Å². The van der Waals surface area contributed by atoms with Crippen LogP contribution in [-0.4, -0.2) is 17.0 Å². The Balaban J connectivity index is 2.31. The van der Waals surface area contributed by atoms with Crippen LogP contribution in [0.3, 0.4) is 0 Å². The summed E-state index contributed by atoms with van der Waals surface area (Å²) in [6.45, 7) is 0. The van der Waals surface area contributed by atoms with E-state index < -0.39 is 0 Å². The lowest BCUT2D eigenvalue weighted by Gasteiger charge is -2.08. The number of anilines is 1. The summed E-state index contributed by atoms with van der Waals surface area (Å²) < 4.78 is 1.53. The molecule has 0 spiro atoms. The maximum absolute atomic E-state index is 12.2. The third-order valence-electron chi connectivity index (χ3n) is 2.52. The number of oxime groups is 1. The zero-order valence-electron chi connectivity index (χ0n) is 10.2. The summed E-state index contributed by atoms with van der Waals surface area (Å²) in [4.78, 5) is 12.2. The fourth-order valence-corrected chi connectivity index (χ4v) is 4.48. The van der Waals surface area contributed by atoms with Crippen molar-refractivity contribution >= 4 is 72.2 Å². The maximum atomic E-state index is 12.2. The number of hydrogen-bond donors (Lipinski definition) is 3. The molecule has 1 amide bonds. The third-order valence-corrected chi connectivity index (χ3v) is 5.19. The molecular formula is C12H8Br2ClN3O2S. The van der Waals surface area contributed by atoms with Gasteiger partial charge < -0.3 is 16.3 Å². The van der Waals surface area contributed by atoms with Crippen molar-refractivity contribution in [1.82, 2.24) is 0 Å². The standard InChI is InChI=1S/C12H8Br2ClN3O2S/c13-9-4-6(10(14)21-9)12(19)17-8-3-5(11(16)18-20)1-2-7(8)15/h1-4,20H,(H2,16,18)(H,17,19). The van der Waals surface area contributed by atoms with E-state index in [1.807, 2.05) is 0 Å². The number of thiophene rings is 1. The predicted octanol–water partition coefficient (Wildman–Crippen LogP) is 4.27. The summed E-state index contributed by atoms with van der Waals surface area (Å²) in [6.07, 6.45) is 0. The molecule has 0 aliphatic rings. The molecule has 5 nitrogen and oxygen atoms in total. The van der Waals surface area contributed by atoms with Crippen molar-refractivity contribution in [2.45, 2.75) is 0 Å². The molecular weight excluding hydrogens is 445 g/mol. The van der Waals surface area contributed by atoms with Gasteiger partial charge in [0.05, 0.1) is 23.8 Å². The molecule has 4 N–H and O–H groups in total. The van der Waals surface area contributed by atoms with Gasteiger partial charge in [0, 0.05) is 5.56 Å². The van der Waals surface area contributed by atoms with Crippen LogP contribution in [0.15, 0.2) is 37.0 Å². The molecule has 9 heteroatoms. The van der Waals surface area contributed by atoms with Gasteiger partial charge in [-0.3, -0.25) is 4.79 Å². The number of nitrogens with zero attached hydrogens (tertiary/aromatic N) is 1. The zero-order valence-corrected chi connectivity index (χ0v) is 15.0. The molecule has 1 heterocycles. The quantitative estimate of drug-likeness (QED) is 0.281. The number of amidine groups is 1. The number of hydrogen-bond acceptors (Lipinski definition) is 4. The average molecular weight is 454 g/mol. The van der Waals surface area contributed by atoms with Crippen molar-refractivity contribution in [3.63, 3.8) is 0 Å². The van der Waals surface area contributed by atoms with E-state index in [1.165, 1.54) is 17.4 Å². The van der Waals surface area contributed by atoms with Crippen LogP contribution in [-0.2, 0) is 0 Å². The summed E-state index contributed by atoms with van der Waals surface area (Å²) >= 11 is 14.1. The smallest absolute Gasteiger partial charge is 0.257 e. The first-order chi connectivity index (χ1) is 9.92. The van der Waals surface area contributed by atoms with Gasteiger partial charge in [0.2, 0.25) is 0 Å². The highest BCUT2D eigenvalue weighted by molar-refractivity contribution is 9.12. The Kier molecular flexibility index (Phi) is 5.26. The predicted molar refractivity (Wildman–Crippen MR) is 91.6 cm³/mol. The molecule has 0 radical (unpaired) electrons. The van der Waals surface area contributed by atoms with Crippen molar-refractivity contribution in [3.05, 3.63) is 48.0 Å². The van der Waals surface area contributed by atoms with Gasteiger partial charge in [-0.25, -0.2) is 0 Å². The second-order valence-electron chi connectivity index (χ2n) is 3.87. The minimum Gasteiger partial charge on any atom is -0.409 e. The largest absolute Gasteiger partial charge is 0.409 e. The summed E-state index contributed by atoms with van der Waals surface area (Å²) in [7, 11) is 0. The number of benzene rings is 1. The van der Waals surface area contributed by atoms with Crippen LogP contribution >= 0.6 is 54.8 Å². The topological polar surface area (TPSA) is 87.7 Å². The second-order valence-corrected chi connectivity index (χ2v) is 8.03. The molecule has 0 atom stereocenters. The number of nitrogens with two attached hydrogens (primary N) is 1. The lowest BCUT2D eigenvalue weighted by Crippen LogP contribution is -2.15. The summed E-state index contributed by atoms with van der Waals surface area (Å²) in [6, 6.07) is 6.38. The van der Waals surface area contributed by atoms with Crippen LogP contribution in [0.1, 0.15) is 15.9 Å². The second kappa shape index (κ2) is 6.78. The first-order valence-electron chi connectivity index (χ1n) is 5.46. The van der Waals surface area contributed by atoms with Gasteiger partial charge in [0.1, 0.15) is 0 Å². The molecule has 110 valence electrons. The summed E-state index contributed by atoms with van der Waals surface area (Å²) in [5.74, 6) is -0.385. The molecule has 0 fully saturated rings. The van der Waals surface area contributed by atoms with E-state index in [2.05, 4.69) is 42.3 Å². The fraction of sp³-hybridized carbons (Fsp3) is 0. The lowest BCUT2D eigenvalue weighted by atomic mass is 10.2. The van der Waals surface area contributed by atoms with Crippen LogP contribution < -0.4 is 11.1 Å². The van der Waals surface area contributed by atoms with Crippen molar-refractivity contribution in [3.8, 4) is 0 Å². The number of nitrogens with one attached hydrogen (secondary N) is 1. The van der Waals surface area contributed by atoms with Gasteiger partial charge in [0.25, 0.3) is 5.91 Å². The Bertz CT molecular complexity index is 733. The number of carbonyl (C=O) groups is 1. The van der Waals surface area contributed by atoms with E-state index in [1.54, 1.807) is 18.2 Å². The first kappa shape index (κ1) is 16.3. The molecule has 0 saturated carbocycles.